The number of rotatable bonds is 10. The molecule has 4 amide bonds. The Kier molecular flexibility index (Phi) is 11.8. The predicted octanol–water partition coefficient (Wildman–Crippen LogP) is -1.59. The first-order valence-electron chi connectivity index (χ1n) is 17.9. The third kappa shape index (κ3) is 7.00. The molecule has 0 saturated carbocycles. The van der Waals surface area contributed by atoms with E-state index in [9.17, 15) is 44.1 Å². The van der Waals surface area contributed by atoms with Crippen LogP contribution >= 0.6 is 0 Å². The standard InChI is InChI=1S/C21H22N2O6.C18H18N2O6.Na/c1-3-9-28-20(26)18-15(11-16-17(12(2)24)19(25)23(16)18)13-4-6-14(7-5-13)22-8-10-29-21(22)27;1-9(21)14-13-8-12(15(17(23)24)20(13)16(14)22)10-2-4-11(5-3-10)19-6-7-26-18(19)25;/h3-7,12,16-17,24H,1,8-11H2,2H3;2-5,9,13-14,21H,6-8H2,1H3,(H,23,24);/q;;+1/p-1/t12-,16-,17-;9-,13-,14-;/m11./s1. The fourth-order valence-corrected chi connectivity index (χ4v) is 8.18. The topological polar surface area (TPSA) is 207 Å². The average Bonchev–Trinajstić information content (AvgIpc) is 3.94. The minimum absolute atomic E-state index is 0. The van der Waals surface area contributed by atoms with Crippen LogP contribution in [0.4, 0.5) is 21.0 Å². The molecule has 8 rings (SSSR count). The number of aliphatic carboxylic acids is 1. The Labute approximate surface area is 343 Å². The Balaban J connectivity index is 0.000000188. The van der Waals surface area contributed by atoms with Crippen molar-refractivity contribution in [2.45, 2.75) is 51.0 Å². The van der Waals surface area contributed by atoms with Gasteiger partial charge >= 0.3 is 47.7 Å². The van der Waals surface area contributed by atoms with E-state index in [-0.39, 0.29) is 71.6 Å². The number of amides is 4. The molecular formula is C39H39N4NaO12. The molecule has 6 aliphatic rings. The summed E-state index contributed by atoms with van der Waals surface area (Å²) in [6, 6.07) is 13.4. The second-order valence-corrected chi connectivity index (χ2v) is 13.9. The van der Waals surface area contributed by atoms with Gasteiger partial charge in [-0.1, -0.05) is 36.9 Å². The van der Waals surface area contributed by atoms with Gasteiger partial charge < -0.3 is 44.1 Å². The van der Waals surface area contributed by atoms with E-state index in [1.807, 2.05) is 12.1 Å². The van der Waals surface area contributed by atoms with Crippen LogP contribution in [-0.4, -0.2) is 113 Å². The first-order valence-corrected chi connectivity index (χ1v) is 17.9. The van der Waals surface area contributed by atoms with E-state index in [4.69, 9.17) is 14.2 Å². The minimum atomic E-state index is -1.41. The van der Waals surface area contributed by atoms with E-state index < -0.39 is 48.0 Å². The Morgan fingerprint density at radius 3 is 1.55 bits per heavy atom. The fourth-order valence-electron chi connectivity index (χ4n) is 8.18. The fraction of sp³-hybridized carbons (Fsp3) is 0.385. The molecule has 2 aromatic carbocycles. The van der Waals surface area contributed by atoms with Gasteiger partial charge in [0, 0.05) is 11.4 Å². The molecule has 6 aliphatic heterocycles. The number of benzene rings is 2. The smallest absolute Gasteiger partial charge is 0.543 e. The van der Waals surface area contributed by atoms with Gasteiger partial charge in [0.15, 0.2) is 0 Å². The van der Waals surface area contributed by atoms with Gasteiger partial charge in [-0.3, -0.25) is 19.4 Å². The number of carboxylic acid groups (broad SMARTS) is 1. The van der Waals surface area contributed by atoms with Gasteiger partial charge in [0.05, 0.1) is 60.9 Å². The predicted molar refractivity (Wildman–Crippen MR) is 191 cm³/mol. The summed E-state index contributed by atoms with van der Waals surface area (Å²) < 4.78 is 15.1. The van der Waals surface area contributed by atoms with Crippen LogP contribution in [0.5, 0.6) is 0 Å². The van der Waals surface area contributed by atoms with Crippen molar-refractivity contribution >= 4 is 58.5 Å². The molecule has 6 atom stereocenters. The summed E-state index contributed by atoms with van der Waals surface area (Å²) in [7, 11) is 0. The molecule has 288 valence electrons. The van der Waals surface area contributed by atoms with Crippen molar-refractivity contribution in [1.82, 2.24) is 9.80 Å². The summed E-state index contributed by atoms with van der Waals surface area (Å²) in [5.74, 6) is -3.80. The molecular weight excluding hydrogens is 739 g/mol. The van der Waals surface area contributed by atoms with Gasteiger partial charge in [-0.25, -0.2) is 14.4 Å². The van der Waals surface area contributed by atoms with Crippen molar-refractivity contribution in [2.75, 3.05) is 42.7 Å². The van der Waals surface area contributed by atoms with Crippen LogP contribution < -0.4 is 44.5 Å². The Morgan fingerprint density at radius 2 is 1.20 bits per heavy atom. The molecule has 17 heteroatoms. The number of carbonyl (C=O) groups is 6. The van der Waals surface area contributed by atoms with Crippen molar-refractivity contribution in [2.24, 2.45) is 11.8 Å². The number of anilines is 2. The second kappa shape index (κ2) is 16.2. The van der Waals surface area contributed by atoms with Crippen molar-refractivity contribution < 1.29 is 87.9 Å². The van der Waals surface area contributed by atoms with E-state index >= 15 is 0 Å². The first-order chi connectivity index (χ1) is 26.3. The van der Waals surface area contributed by atoms with Crippen molar-refractivity contribution in [3.63, 3.8) is 0 Å². The number of carbonyl (C=O) groups excluding carboxylic acids is 6. The van der Waals surface area contributed by atoms with Gasteiger partial charge in [-0.2, -0.15) is 0 Å². The molecule has 0 aromatic heterocycles. The summed E-state index contributed by atoms with van der Waals surface area (Å²) in [5, 5.41) is 31.3. The number of β-lactam (4-membered cyclic amide) rings is 2. The van der Waals surface area contributed by atoms with Crippen LogP contribution in [0.2, 0.25) is 0 Å². The van der Waals surface area contributed by atoms with Gasteiger partial charge in [0.1, 0.15) is 25.5 Å². The number of aliphatic hydroxyl groups is 2. The molecule has 0 radical (unpaired) electrons. The molecule has 4 saturated heterocycles. The van der Waals surface area contributed by atoms with Crippen LogP contribution in [0, 0.1) is 11.8 Å². The molecule has 2 N–H and O–H groups in total. The van der Waals surface area contributed by atoms with Crippen molar-refractivity contribution in [3.8, 4) is 0 Å². The zero-order valence-electron chi connectivity index (χ0n) is 31.1. The van der Waals surface area contributed by atoms with Crippen LogP contribution in [0.25, 0.3) is 11.1 Å². The van der Waals surface area contributed by atoms with E-state index in [1.165, 1.54) is 32.6 Å². The summed E-state index contributed by atoms with van der Waals surface area (Å²) >= 11 is 0. The monoisotopic (exact) mass is 778 g/mol. The van der Waals surface area contributed by atoms with E-state index in [1.54, 1.807) is 43.3 Å². The molecule has 16 nitrogen and oxygen atoms in total. The van der Waals surface area contributed by atoms with Crippen molar-refractivity contribution in [3.05, 3.63) is 83.7 Å². The molecule has 0 spiro atoms. The molecule has 6 heterocycles. The molecule has 0 unspecified atom stereocenters. The van der Waals surface area contributed by atoms with E-state index in [0.717, 1.165) is 5.56 Å². The number of cyclic esters (lactones) is 2. The number of nitrogens with zero attached hydrogens (tertiary/aromatic N) is 4. The number of hydrogen-bond donors (Lipinski definition) is 2. The third-order valence-electron chi connectivity index (χ3n) is 10.8. The molecule has 4 fully saturated rings. The summed E-state index contributed by atoms with van der Waals surface area (Å²) in [6.45, 7) is 8.32. The van der Waals surface area contributed by atoms with Crippen LogP contribution in [0.1, 0.15) is 37.8 Å². The van der Waals surface area contributed by atoms with Gasteiger partial charge in [0.25, 0.3) is 0 Å². The number of ether oxygens (including phenoxy) is 3. The Bertz CT molecular complexity index is 2030. The molecule has 0 bridgehead atoms. The van der Waals surface area contributed by atoms with Gasteiger partial charge in [-0.15, -0.1) is 0 Å². The van der Waals surface area contributed by atoms with Crippen LogP contribution in [0.15, 0.2) is 72.6 Å². The number of fused-ring (bicyclic) bond motifs is 2. The number of esters is 1. The first kappa shape index (κ1) is 40.7. The number of hydrogen-bond acceptors (Lipinski definition) is 12. The van der Waals surface area contributed by atoms with Crippen LogP contribution in [0.3, 0.4) is 0 Å². The second-order valence-electron chi connectivity index (χ2n) is 13.9. The maximum absolute atomic E-state index is 12.7. The van der Waals surface area contributed by atoms with E-state index in [2.05, 4.69) is 6.58 Å². The number of carboxylic acids is 1. The van der Waals surface area contributed by atoms with Crippen molar-refractivity contribution in [1.29, 1.82) is 0 Å². The van der Waals surface area contributed by atoms with E-state index in [0.29, 0.717) is 67.2 Å². The summed E-state index contributed by atoms with van der Waals surface area (Å²) in [4.78, 5) is 78.1. The zero-order chi connectivity index (χ0) is 39.3. The minimum Gasteiger partial charge on any atom is -0.543 e. The van der Waals surface area contributed by atoms with Gasteiger partial charge in [-0.05, 0) is 73.2 Å². The molecule has 0 aliphatic carbocycles. The summed E-state index contributed by atoms with van der Waals surface area (Å²) in [5.41, 5.74) is 4.04. The zero-order valence-corrected chi connectivity index (χ0v) is 33.1. The maximum atomic E-state index is 12.7. The average molecular weight is 779 g/mol. The molecule has 56 heavy (non-hydrogen) atoms. The maximum Gasteiger partial charge on any atom is 1.00 e. The number of aliphatic hydroxyl groups excluding tert-OH is 2. The van der Waals surface area contributed by atoms with Gasteiger partial charge in [0.2, 0.25) is 11.8 Å². The quantitative estimate of drug-likeness (QED) is 0.0922. The SMILES string of the molecule is C=CCOC(=O)C1=C(c2ccc(N3CCOC3=O)cc2)C[C@@H]2[C@@H]([C@@H](C)O)C(=O)N12.C[C@@H](O)[C@H]1C(=O)N2C(C(=O)[O-])=C(c3ccc(N4CCOC4=O)cc3)C[C@H]12.[Na+]. The third-order valence-corrected chi connectivity index (χ3v) is 10.8. The largest absolute Gasteiger partial charge is 1.00 e. The Morgan fingerprint density at radius 1 is 0.786 bits per heavy atom. The molecule has 2 aromatic rings. The Hall–Kier alpha value is -5.00. The summed E-state index contributed by atoms with van der Waals surface area (Å²) in [6.07, 6.45) is -0.179. The normalized spacial score (nSPS) is 24.6. The van der Waals surface area contributed by atoms with Crippen LogP contribution in [-0.2, 0) is 33.4 Å².